The molecule has 4 aromatic carbocycles. The van der Waals surface area contributed by atoms with Gasteiger partial charge in [-0.25, -0.2) is 4.39 Å². The summed E-state index contributed by atoms with van der Waals surface area (Å²) in [5.41, 5.74) is 2.49. The van der Waals surface area contributed by atoms with Gasteiger partial charge in [-0.3, -0.25) is 44.0 Å². The summed E-state index contributed by atoms with van der Waals surface area (Å²) >= 11 is 0. The highest BCUT2D eigenvalue weighted by Crippen LogP contribution is 2.47. The number of pyridine rings is 1. The van der Waals surface area contributed by atoms with E-state index in [9.17, 15) is 33.2 Å². The van der Waals surface area contributed by atoms with Gasteiger partial charge >= 0.3 is 0 Å². The van der Waals surface area contributed by atoms with Gasteiger partial charge in [0.1, 0.15) is 34.5 Å². The van der Waals surface area contributed by atoms with Crippen molar-refractivity contribution in [3.05, 3.63) is 114 Å². The number of imide groups is 2. The lowest BCUT2D eigenvalue weighted by Gasteiger charge is -2.31. The molecular formula is C51H52FN7O10. The number of nitrogens with one attached hydrogen (secondary N) is 4. The lowest BCUT2D eigenvalue weighted by atomic mass is 10.0. The Hall–Kier alpha value is -7.28. The molecule has 4 heterocycles. The molecule has 1 atom stereocenters. The molecule has 2 saturated heterocycles. The normalized spacial score (nSPS) is 17.9. The molecule has 358 valence electrons. The average Bonchev–Trinajstić information content (AvgIpc) is 4.14. The second-order valence-electron chi connectivity index (χ2n) is 17.6. The van der Waals surface area contributed by atoms with Crippen LogP contribution in [0.2, 0.25) is 0 Å². The maximum absolute atomic E-state index is 13.3. The first-order valence-corrected chi connectivity index (χ1v) is 23.1. The number of rotatable bonds is 19. The fourth-order valence-corrected chi connectivity index (χ4v) is 8.84. The predicted octanol–water partition coefficient (Wildman–Crippen LogP) is 6.43. The van der Waals surface area contributed by atoms with Gasteiger partial charge in [0.25, 0.3) is 11.8 Å². The number of hydrogen-bond acceptors (Lipinski definition) is 13. The molecule has 0 radical (unpaired) electrons. The molecule has 4 N–H and O–H groups in total. The van der Waals surface area contributed by atoms with Gasteiger partial charge in [-0.05, 0) is 123 Å². The van der Waals surface area contributed by atoms with E-state index in [1.165, 1.54) is 24.3 Å². The monoisotopic (exact) mass is 941 g/mol. The topological polar surface area (TPSA) is 207 Å². The summed E-state index contributed by atoms with van der Waals surface area (Å²) in [6.45, 7) is 4.62. The van der Waals surface area contributed by atoms with E-state index in [1.807, 2.05) is 12.1 Å². The molecule has 1 saturated carbocycles. The van der Waals surface area contributed by atoms with E-state index in [-0.39, 0.29) is 30.1 Å². The highest BCUT2D eigenvalue weighted by molar-refractivity contribution is 6.24. The molecule has 3 aliphatic heterocycles. The van der Waals surface area contributed by atoms with E-state index in [4.69, 9.17) is 18.9 Å². The van der Waals surface area contributed by atoms with Crippen LogP contribution in [0.3, 0.4) is 0 Å². The first-order valence-electron chi connectivity index (χ1n) is 23.1. The molecule has 0 bridgehead atoms. The Morgan fingerprint density at radius 3 is 2.20 bits per heavy atom. The molecule has 4 aliphatic rings. The summed E-state index contributed by atoms with van der Waals surface area (Å²) in [7, 11) is 1.61. The van der Waals surface area contributed by atoms with Crippen LogP contribution in [0.25, 0.3) is 10.9 Å². The van der Waals surface area contributed by atoms with Crippen LogP contribution < -0.4 is 30.7 Å². The zero-order valence-corrected chi connectivity index (χ0v) is 38.0. The van der Waals surface area contributed by atoms with Crippen LogP contribution in [0.5, 0.6) is 17.2 Å². The van der Waals surface area contributed by atoms with Gasteiger partial charge in [-0.15, -0.1) is 0 Å². The van der Waals surface area contributed by atoms with Crippen LogP contribution in [-0.4, -0.2) is 109 Å². The Morgan fingerprint density at radius 2 is 1.51 bits per heavy atom. The fraction of sp³-hybridized carbons (Fsp3) is 0.353. The van der Waals surface area contributed by atoms with Gasteiger partial charge in [0, 0.05) is 73.4 Å². The fourth-order valence-electron chi connectivity index (χ4n) is 8.84. The number of nitrogens with zero attached hydrogens (tertiary/aromatic N) is 3. The van der Waals surface area contributed by atoms with Gasteiger partial charge in [-0.1, -0.05) is 0 Å². The Bertz CT molecular complexity index is 2780. The number of ether oxygens (including phenoxy) is 4. The van der Waals surface area contributed by atoms with E-state index in [0.29, 0.717) is 79.0 Å². The summed E-state index contributed by atoms with van der Waals surface area (Å²) in [4.78, 5) is 84.1. The standard InChI is InChI=1S/C51H52FN7O10/c1-66-44-29-40-41(54-21-15-43(40)69-37-10-7-34(8-11-37)56-50(65)51(18-19-51)49(64)55-33-5-3-32(52)4-6-33)27-31(44)30-67-26-24-58-22-16-36(17-23-58)68-25-2-20-53-35-9-12-38-39(28-35)48(63)59(47(38)62)42-13-14-45(60)57-46(42)61/h3-12,15,21,27-29,36,42,53H,2,13-14,16-20,22-26,30H2,1H3,(H,55,64)(H,56,65)(H,57,60,61). The number of hydrogen-bond donors (Lipinski definition) is 4. The molecule has 1 unspecified atom stereocenters. The van der Waals surface area contributed by atoms with Crippen LogP contribution in [0, 0.1) is 11.2 Å². The number of amides is 6. The first kappa shape index (κ1) is 46.8. The molecule has 5 aromatic rings. The van der Waals surface area contributed by atoms with E-state index in [2.05, 4.69) is 31.2 Å². The molecule has 0 spiro atoms. The lowest BCUT2D eigenvalue weighted by Crippen LogP contribution is -2.54. The number of anilines is 3. The number of aromatic nitrogens is 1. The van der Waals surface area contributed by atoms with Gasteiger partial charge in [-0.2, -0.15) is 0 Å². The second-order valence-corrected chi connectivity index (χ2v) is 17.6. The largest absolute Gasteiger partial charge is 0.496 e. The van der Waals surface area contributed by atoms with Crippen LogP contribution in [0.15, 0.2) is 91.1 Å². The zero-order valence-electron chi connectivity index (χ0n) is 38.0. The van der Waals surface area contributed by atoms with E-state index in [0.717, 1.165) is 54.7 Å². The average molecular weight is 942 g/mol. The molecule has 6 amide bonds. The highest BCUT2D eigenvalue weighted by Gasteiger charge is 2.56. The Morgan fingerprint density at radius 1 is 0.812 bits per heavy atom. The second kappa shape index (κ2) is 20.5. The Labute approximate surface area is 397 Å². The van der Waals surface area contributed by atoms with Crippen molar-refractivity contribution in [2.75, 3.05) is 62.5 Å². The third-order valence-corrected chi connectivity index (χ3v) is 13.0. The predicted molar refractivity (Wildman–Crippen MR) is 251 cm³/mol. The summed E-state index contributed by atoms with van der Waals surface area (Å²) in [5.74, 6) is -1.62. The van der Waals surface area contributed by atoms with E-state index in [1.54, 1.807) is 61.8 Å². The van der Waals surface area contributed by atoms with E-state index < -0.39 is 52.7 Å². The van der Waals surface area contributed by atoms with Crippen LogP contribution in [0.4, 0.5) is 21.5 Å². The van der Waals surface area contributed by atoms with Crippen molar-refractivity contribution in [3.63, 3.8) is 0 Å². The van der Waals surface area contributed by atoms with Crippen molar-refractivity contribution in [3.8, 4) is 17.2 Å². The maximum atomic E-state index is 13.3. The van der Waals surface area contributed by atoms with Crippen molar-refractivity contribution in [2.45, 2.75) is 63.7 Å². The summed E-state index contributed by atoms with van der Waals surface area (Å²) in [5, 5.41) is 11.8. The molecular weight excluding hydrogens is 890 g/mol. The van der Waals surface area contributed by atoms with Crippen molar-refractivity contribution in [1.29, 1.82) is 0 Å². The summed E-state index contributed by atoms with van der Waals surface area (Å²) in [6.07, 6.45) is 5.42. The minimum atomic E-state index is -1.18. The van der Waals surface area contributed by atoms with Crippen molar-refractivity contribution >= 4 is 63.4 Å². The number of likely N-dealkylation sites (tertiary alicyclic amines) is 1. The molecule has 69 heavy (non-hydrogen) atoms. The van der Waals surface area contributed by atoms with Crippen molar-refractivity contribution in [2.24, 2.45) is 5.41 Å². The van der Waals surface area contributed by atoms with Gasteiger partial charge < -0.3 is 39.8 Å². The van der Waals surface area contributed by atoms with Crippen LogP contribution >= 0.6 is 0 Å². The van der Waals surface area contributed by atoms with E-state index >= 15 is 0 Å². The molecule has 18 heteroatoms. The molecule has 9 rings (SSSR count). The number of carbonyl (C=O) groups is 6. The van der Waals surface area contributed by atoms with Crippen LogP contribution in [0.1, 0.15) is 71.2 Å². The van der Waals surface area contributed by atoms with Crippen molar-refractivity contribution < 1.29 is 52.1 Å². The number of fused-ring (bicyclic) bond motifs is 2. The van der Waals surface area contributed by atoms with Crippen molar-refractivity contribution in [1.82, 2.24) is 20.1 Å². The molecule has 1 aliphatic carbocycles. The Kier molecular flexibility index (Phi) is 13.9. The van der Waals surface area contributed by atoms with Gasteiger partial charge in [0.15, 0.2) is 0 Å². The lowest BCUT2D eigenvalue weighted by molar-refractivity contribution is -0.136. The minimum Gasteiger partial charge on any atom is -0.496 e. The first-order chi connectivity index (χ1) is 33.5. The van der Waals surface area contributed by atoms with Gasteiger partial charge in [0.2, 0.25) is 23.6 Å². The minimum absolute atomic E-state index is 0.0709. The van der Waals surface area contributed by atoms with Crippen LogP contribution in [-0.2, 0) is 35.3 Å². The van der Waals surface area contributed by atoms with Gasteiger partial charge in [0.05, 0.1) is 43.1 Å². The SMILES string of the molecule is COc1cc2c(Oc3ccc(NC(=O)C4(C(=O)Nc5ccc(F)cc5)CC4)cc3)ccnc2cc1COCCN1CCC(OCCCNc2ccc3c(c2)C(=O)N(C2CCC(=O)NC2=O)C3=O)CC1. The molecule has 1 aromatic heterocycles. The summed E-state index contributed by atoms with van der Waals surface area (Å²) in [6, 6.07) is 21.8. The molecule has 3 fully saturated rings. The zero-order chi connectivity index (χ0) is 48.1. The quantitative estimate of drug-likeness (QED) is 0.0401. The molecule has 17 nitrogen and oxygen atoms in total. The third-order valence-electron chi connectivity index (χ3n) is 13.0. The number of piperidine rings is 2. The Balaban J connectivity index is 0.679. The number of halogens is 1. The smallest absolute Gasteiger partial charge is 0.262 e. The number of carbonyl (C=O) groups excluding carboxylic acids is 6. The highest BCUT2D eigenvalue weighted by atomic mass is 19.1. The third kappa shape index (κ3) is 10.6. The summed E-state index contributed by atoms with van der Waals surface area (Å²) < 4.78 is 37.6. The number of benzene rings is 4. The maximum Gasteiger partial charge on any atom is 0.262 e. The number of methoxy groups -OCH3 is 1.